The van der Waals surface area contributed by atoms with E-state index in [0.717, 1.165) is 51.4 Å². The van der Waals surface area contributed by atoms with E-state index in [1.165, 1.54) is 22.1 Å². The molecule has 0 aliphatic rings. The van der Waals surface area contributed by atoms with Crippen LogP contribution in [0.2, 0.25) is 0 Å². The molecule has 0 saturated heterocycles. The molecular weight excluding hydrogens is 446 g/mol. The van der Waals surface area contributed by atoms with Gasteiger partial charge in [-0.3, -0.25) is 0 Å². The number of rotatable bonds is 18. The Morgan fingerprint density at radius 2 is 1.00 bits per heavy atom. The molecule has 0 aromatic heterocycles. The van der Waals surface area contributed by atoms with E-state index in [2.05, 4.69) is 25.3 Å². The molecule has 0 unspecified atom stereocenters. The summed E-state index contributed by atoms with van der Waals surface area (Å²) < 4.78 is 12.6. The molecule has 6 heteroatoms. The molecule has 202 valence electrons. The van der Waals surface area contributed by atoms with Gasteiger partial charge >= 0.3 is 15.0 Å². The highest BCUT2D eigenvalue weighted by Crippen LogP contribution is 2.25. The topological polar surface area (TPSA) is 58.9 Å². The van der Waals surface area contributed by atoms with Crippen molar-refractivity contribution in [3.05, 3.63) is 48.6 Å². The predicted octanol–water partition coefficient (Wildman–Crippen LogP) is 4.57. The molecule has 1 rings (SSSR count). The lowest BCUT2D eigenvalue weighted by molar-refractivity contribution is -0.0893. The lowest BCUT2D eigenvalue weighted by Crippen LogP contribution is -2.50. The summed E-state index contributed by atoms with van der Waals surface area (Å²) in [4.78, 5) is 0. The van der Waals surface area contributed by atoms with Crippen molar-refractivity contribution in [2.45, 2.75) is 129 Å². The standard InChI is InChI=1S/C30H52B2O4/c1-11-13-15-17-19-23-21-26(32-36-30(9,10)28(5,6)34)24(20-18-16-14-12-2)22-25(23)31-35-29(7,8)27(3,4)33/h11-12,21-22,31-34H,1-2,13-20H2,3-10H3. The van der Waals surface area contributed by atoms with Gasteiger partial charge in [-0.1, -0.05) is 35.4 Å². The molecule has 0 aliphatic carbocycles. The van der Waals surface area contributed by atoms with Crippen LogP contribution in [-0.4, -0.2) is 47.6 Å². The van der Waals surface area contributed by atoms with Crippen LogP contribution >= 0.6 is 0 Å². The summed E-state index contributed by atoms with van der Waals surface area (Å²) in [5, 5.41) is 21.2. The largest absolute Gasteiger partial charge is 0.427 e. The third-order valence-electron chi connectivity index (χ3n) is 7.85. The van der Waals surface area contributed by atoms with Gasteiger partial charge in [0.1, 0.15) is 0 Å². The Balaban J connectivity index is 3.34. The molecule has 0 saturated carbocycles. The normalized spacial score (nSPS) is 12.9. The van der Waals surface area contributed by atoms with Gasteiger partial charge in [0.25, 0.3) is 0 Å². The number of allylic oxidation sites excluding steroid dienone is 2. The monoisotopic (exact) mass is 498 g/mol. The van der Waals surface area contributed by atoms with Crippen LogP contribution < -0.4 is 10.9 Å². The minimum atomic E-state index is -0.957. The predicted molar refractivity (Wildman–Crippen MR) is 158 cm³/mol. The fourth-order valence-electron chi connectivity index (χ4n) is 3.60. The second-order valence-corrected chi connectivity index (χ2v) is 12.2. The molecule has 0 fully saturated rings. The van der Waals surface area contributed by atoms with E-state index in [1.807, 2.05) is 39.8 Å². The first-order valence-electron chi connectivity index (χ1n) is 13.6. The average molecular weight is 498 g/mol. The number of benzene rings is 1. The van der Waals surface area contributed by atoms with Crippen molar-refractivity contribution >= 4 is 25.9 Å². The van der Waals surface area contributed by atoms with Crippen LogP contribution in [0.5, 0.6) is 0 Å². The SMILES string of the molecule is C=CCCCCc1cc(BOC(C)(C)C(C)(C)O)c(CCCCC=C)cc1BOC(C)(C)C(C)(C)O. The molecule has 0 amide bonds. The molecule has 36 heavy (non-hydrogen) atoms. The lowest BCUT2D eigenvalue weighted by Gasteiger charge is -2.38. The number of hydrogen-bond acceptors (Lipinski definition) is 4. The maximum absolute atomic E-state index is 10.6. The molecular formula is C30H52B2O4. The van der Waals surface area contributed by atoms with Gasteiger partial charge in [0.2, 0.25) is 0 Å². The summed E-state index contributed by atoms with van der Waals surface area (Å²) in [7, 11) is 0.896. The summed E-state index contributed by atoms with van der Waals surface area (Å²) in [6.07, 6.45) is 12.2. The van der Waals surface area contributed by atoms with Crippen LogP contribution in [-0.2, 0) is 22.2 Å². The second kappa shape index (κ2) is 14.0. The zero-order valence-corrected chi connectivity index (χ0v) is 24.5. The van der Waals surface area contributed by atoms with Crippen LogP contribution in [0.25, 0.3) is 0 Å². The highest BCUT2D eigenvalue weighted by atomic mass is 16.5. The van der Waals surface area contributed by atoms with Crippen LogP contribution in [0.4, 0.5) is 0 Å². The summed E-state index contributed by atoms with van der Waals surface area (Å²) in [6, 6.07) is 4.57. The number of aryl methyl sites for hydroxylation is 2. The summed E-state index contributed by atoms with van der Waals surface area (Å²) in [5.74, 6) is 0. The molecule has 2 N–H and O–H groups in total. The Bertz CT molecular complexity index is 763. The van der Waals surface area contributed by atoms with E-state index in [-0.39, 0.29) is 0 Å². The second-order valence-electron chi connectivity index (χ2n) is 12.2. The van der Waals surface area contributed by atoms with Gasteiger partial charge in [0.05, 0.1) is 22.4 Å². The Kier molecular flexibility index (Phi) is 12.7. The lowest BCUT2D eigenvalue weighted by atomic mass is 9.72. The zero-order valence-electron chi connectivity index (χ0n) is 24.5. The van der Waals surface area contributed by atoms with Crippen LogP contribution in [0.15, 0.2) is 37.4 Å². The average Bonchev–Trinajstić information content (AvgIpc) is 2.76. The molecule has 0 spiro atoms. The van der Waals surface area contributed by atoms with Gasteiger partial charge in [-0.25, -0.2) is 0 Å². The van der Waals surface area contributed by atoms with Crippen molar-refractivity contribution in [3.63, 3.8) is 0 Å². The molecule has 0 atom stereocenters. The zero-order chi connectivity index (χ0) is 27.6. The van der Waals surface area contributed by atoms with Crippen molar-refractivity contribution in [2.75, 3.05) is 0 Å². The van der Waals surface area contributed by atoms with Crippen LogP contribution in [0.1, 0.15) is 105 Å². The molecule has 0 radical (unpaired) electrons. The Labute approximate surface area is 223 Å². The van der Waals surface area contributed by atoms with Crippen molar-refractivity contribution in [3.8, 4) is 0 Å². The molecule has 4 nitrogen and oxygen atoms in total. The first kappa shape index (κ1) is 32.7. The van der Waals surface area contributed by atoms with Crippen molar-refractivity contribution in [2.24, 2.45) is 0 Å². The first-order valence-corrected chi connectivity index (χ1v) is 13.6. The highest BCUT2D eigenvalue weighted by Gasteiger charge is 2.37. The maximum Gasteiger partial charge on any atom is 0.309 e. The van der Waals surface area contributed by atoms with E-state index in [9.17, 15) is 10.2 Å². The number of hydrogen-bond donors (Lipinski definition) is 2. The fraction of sp³-hybridized carbons (Fsp3) is 0.667. The Morgan fingerprint density at radius 1 is 0.667 bits per heavy atom. The van der Waals surface area contributed by atoms with E-state index in [1.54, 1.807) is 27.7 Å². The van der Waals surface area contributed by atoms with E-state index >= 15 is 0 Å². The number of aliphatic hydroxyl groups is 2. The van der Waals surface area contributed by atoms with Crippen LogP contribution in [0, 0.1) is 0 Å². The molecule has 1 aromatic rings. The Hall–Kier alpha value is -1.33. The van der Waals surface area contributed by atoms with Gasteiger partial charge in [-0.05, 0) is 118 Å². The smallest absolute Gasteiger partial charge is 0.309 e. The van der Waals surface area contributed by atoms with E-state index in [4.69, 9.17) is 9.31 Å². The van der Waals surface area contributed by atoms with Gasteiger partial charge in [0.15, 0.2) is 0 Å². The maximum atomic E-state index is 10.6. The molecule has 0 heterocycles. The third kappa shape index (κ3) is 10.2. The third-order valence-corrected chi connectivity index (χ3v) is 7.85. The van der Waals surface area contributed by atoms with Crippen molar-refractivity contribution in [1.82, 2.24) is 0 Å². The van der Waals surface area contributed by atoms with Gasteiger partial charge in [0, 0.05) is 0 Å². The van der Waals surface area contributed by atoms with Crippen molar-refractivity contribution < 1.29 is 19.5 Å². The summed E-state index contributed by atoms with van der Waals surface area (Å²) >= 11 is 0. The fourth-order valence-corrected chi connectivity index (χ4v) is 3.60. The van der Waals surface area contributed by atoms with Gasteiger partial charge in [-0.2, -0.15) is 0 Å². The summed E-state index contributed by atoms with van der Waals surface area (Å²) in [5.41, 5.74) is 1.60. The van der Waals surface area contributed by atoms with E-state index < -0.39 is 22.4 Å². The summed E-state index contributed by atoms with van der Waals surface area (Å²) in [6.45, 7) is 22.6. The quantitative estimate of drug-likeness (QED) is 0.177. The van der Waals surface area contributed by atoms with Crippen LogP contribution in [0.3, 0.4) is 0 Å². The van der Waals surface area contributed by atoms with Gasteiger partial charge < -0.3 is 19.5 Å². The highest BCUT2D eigenvalue weighted by molar-refractivity contribution is 6.50. The minimum Gasteiger partial charge on any atom is -0.427 e. The minimum absolute atomic E-state index is 0.448. The molecule has 0 bridgehead atoms. The van der Waals surface area contributed by atoms with Gasteiger partial charge in [-0.15, -0.1) is 13.2 Å². The molecule has 0 aliphatic heterocycles. The first-order chi connectivity index (χ1) is 16.6. The Morgan fingerprint density at radius 3 is 1.28 bits per heavy atom. The number of unbranched alkanes of at least 4 members (excludes halogenated alkanes) is 4. The molecule has 1 aromatic carbocycles. The van der Waals surface area contributed by atoms with Crippen molar-refractivity contribution in [1.29, 1.82) is 0 Å². The van der Waals surface area contributed by atoms with E-state index in [0.29, 0.717) is 15.0 Å².